The summed E-state index contributed by atoms with van der Waals surface area (Å²) in [6.07, 6.45) is -0.749. The van der Waals surface area contributed by atoms with Gasteiger partial charge in [-0.2, -0.15) is 0 Å². The van der Waals surface area contributed by atoms with Crippen molar-refractivity contribution in [2.45, 2.75) is 19.1 Å². The normalized spacial score (nSPS) is 24.5. The molecule has 0 radical (unpaired) electrons. The fraction of sp³-hybridized carbons (Fsp3) is 0.357. The highest BCUT2D eigenvalue weighted by Gasteiger charge is 2.38. The van der Waals surface area contributed by atoms with Crippen molar-refractivity contribution in [3.63, 3.8) is 0 Å². The van der Waals surface area contributed by atoms with E-state index in [1.54, 1.807) is 13.0 Å². The van der Waals surface area contributed by atoms with Crippen LogP contribution in [0.2, 0.25) is 0 Å². The van der Waals surface area contributed by atoms with E-state index in [1.807, 2.05) is 18.2 Å². The van der Waals surface area contributed by atoms with E-state index in [0.717, 1.165) is 5.69 Å². The van der Waals surface area contributed by atoms with E-state index < -0.39 is 24.0 Å². The minimum Gasteiger partial charge on any atom is -0.477 e. The molecule has 0 aliphatic carbocycles. The molecule has 2 heterocycles. The van der Waals surface area contributed by atoms with Crippen molar-refractivity contribution in [3.05, 3.63) is 24.3 Å². The van der Waals surface area contributed by atoms with Gasteiger partial charge in [-0.3, -0.25) is 19.7 Å². The van der Waals surface area contributed by atoms with Gasteiger partial charge in [-0.25, -0.2) is 0 Å². The molecule has 1 saturated heterocycles. The van der Waals surface area contributed by atoms with E-state index in [0.29, 0.717) is 12.3 Å². The largest absolute Gasteiger partial charge is 0.477 e. The molecule has 0 aromatic heterocycles. The van der Waals surface area contributed by atoms with Crippen LogP contribution in [0.4, 0.5) is 5.69 Å². The first kappa shape index (κ1) is 13.4. The van der Waals surface area contributed by atoms with Crippen molar-refractivity contribution >= 4 is 23.4 Å². The molecule has 2 aliphatic heterocycles. The minimum absolute atomic E-state index is 0.132. The Bertz CT molecular complexity index is 616. The summed E-state index contributed by atoms with van der Waals surface area (Å²) in [4.78, 5) is 36.8. The number of para-hydroxylation sites is 2. The van der Waals surface area contributed by atoms with Crippen LogP contribution in [0, 0.1) is 0 Å². The molecule has 3 rings (SSSR count). The fourth-order valence-electron chi connectivity index (χ4n) is 2.42. The van der Waals surface area contributed by atoms with Gasteiger partial charge >= 0.3 is 0 Å². The molecule has 0 bridgehead atoms. The molecule has 1 aromatic rings. The lowest BCUT2D eigenvalue weighted by Gasteiger charge is -2.35. The van der Waals surface area contributed by atoms with Crippen LogP contribution in [0.5, 0.6) is 5.75 Å². The predicted octanol–water partition coefficient (Wildman–Crippen LogP) is -0.267. The first-order valence-electron chi connectivity index (χ1n) is 6.70. The molecule has 21 heavy (non-hydrogen) atoms. The maximum absolute atomic E-state index is 12.5. The lowest BCUT2D eigenvalue weighted by molar-refractivity contribution is -0.153. The lowest BCUT2D eigenvalue weighted by Crippen LogP contribution is -2.61. The molecule has 2 N–H and O–H groups in total. The highest BCUT2D eigenvalue weighted by molar-refractivity contribution is 6.04. The summed E-state index contributed by atoms with van der Waals surface area (Å²) in [6.45, 7) is 1.76. The summed E-state index contributed by atoms with van der Waals surface area (Å²) in [5.74, 6) is -0.727. The van der Waals surface area contributed by atoms with Crippen LogP contribution < -0.4 is 15.4 Å². The fourth-order valence-corrected chi connectivity index (χ4v) is 2.42. The first-order valence-corrected chi connectivity index (χ1v) is 6.70. The lowest BCUT2D eigenvalue weighted by atomic mass is 10.1. The third kappa shape index (κ3) is 2.42. The van der Waals surface area contributed by atoms with Crippen LogP contribution in [-0.2, 0) is 14.4 Å². The smallest absolute Gasteiger partial charge is 0.266 e. The summed E-state index contributed by atoms with van der Waals surface area (Å²) >= 11 is 0. The molecule has 2 unspecified atom stereocenters. The number of benzene rings is 1. The Labute approximate surface area is 121 Å². The van der Waals surface area contributed by atoms with Crippen LogP contribution in [0.25, 0.3) is 0 Å². The number of carbonyl (C=O) groups excluding carboxylic acids is 3. The molecule has 2 atom stereocenters. The number of ether oxygens (including phenoxy) is 1. The number of hydrogen-bond acceptors (Lipinski definition) is 5. The van der Waals surface area contributed by atoms with Crippen molar-refractivity contribution in [1.29, 1.82) is 0 Å². The molecule has 7 nitrogen and oxygen atoms in total. The Morgan fingerprint density at radius 1 is 1.33 bits per heavy atom. The van der Waals surface area contributed by atoms with Gasteiger partial charge < -0.3 is 15.0 Å². The Balaban J connectivity index is 1.77. The summed E-state index contributed by atoms with van der Waals surface area (Å²) in [6, 6.07) is 6.62. The number of anilines is 1. The first-order chi connectivity index (χ1) is 10.1. The number of imide groups is 1. The molecule has 1 fully saturated rings. The quantitative estimate of drug-likeness (QED) is 0.695. The maximum Gasteiger partial charge on any atom is 0.266 e. The number of carbonyl (C=O) groups is 3. The molecule has 3 amide bonds. The van der Waals surface area contributed by atoms with Gasteiger partial charge in [-0.1, -0.05) is 12.1 Å². The Kier molecular flexibility index (Phi) is 3.25. The zero-order chi connectivity index (χ0) is 15.0. The second-order valence-electron chi connectivity index (χ2n) is 5.04. The Morgan fingerprint density at radius 3 is 2.90 bits per heavy atom. The van der Waals surface area contributed by atoms with E-state index in [1.165, 1.54) is 4.90 Å². The van der Waals surface area contributed by atoms with Crippen molar-refractivity contribution in [3.8, 4) is 5.75 Å². The van der Waals surface area contributed by atoms with Crippen molar-refractivity contribution in [2.24, 2.45) is 0 Å². The van der Waals surface area contributed by atoms with Gasteiger partial charge in [-0.15, -0.1) is 0 Å². The average molecular weight is 289 g/mol. The van der Waals surface area contributed by atoms with E-state index >= 15 is 0 Å². The molecule has 7 heteroatoms. The van der Waals surface area contributed by atoms with Crippen LogP contribution in [0.3, 0.4) is 0 Å². The second kappa shape index (κ2) is 5.08. The molecular weight excluding hydrogens is 274 g/mol. The number of amides is 3. The standard InChI is InChI=1S/C14H15N3O4/c1-8-13(19)16-12(18)7-17(8)14(20)11-6-15-9-4-2-3-5-10(9)21-11/h2-5,8,11,15H,6-7H2,1H3,(H,16,18,19). The van der Waals surface area contributed by atoms with Gasteiger partial charge in [0.2, 0.25) is 11.8 Å². The monoisotopic (exact) mass is 289 g/mol. The van der Waals surface area contributed by atoms with Gasteiger partial charge in [-0.05, 0) is 19.1 Å². The van der Waals surface area contributed by atoms with E-state index in [-0.39, 0.29) is 12.5 Å². The predicted molar refractivity (Wildman–Crippen MR) is 73.7 cm³/mol. The molecular formula is C14H15N3O4. The topological polar surface area (TPSA) is 87.7 Å². The summed E-state index contributed by atoms with van der Waals surface area (Å²) in [7, 11) is 0. The number of nitrogens with one attached hydrogen (secondary N) is 2. The van der Waals surface area contributed by atoms with Crippen LogP contribution in [0.1, 0.15) is 6.92 Å². The molecule has 1 aromatic carbocycles. The van der Waals surface area contributed by atoms with Crippen LogP contribution >= 0.6 is 0 Å². The zero-order valence-corrected chi connectivity index (χ0v) is 11.5. The van der Waals surface area contributed by atoms with E-state index in [2.05, 4.69) is 10.6 Å². The van der Waals surface area contributed by atoms with Crippen molar-refractivity contribution < 1.29 is 19.1 Å². The number of piperazine rings is 1. The molecule has 110 valence electrons. The number of hydrogen-bond donors (Lipinski definition) is 2. The molecule has 2 aliphatic rings. The average Bonchev–Trinajstić information content (AvgIpc) is 2.49. The van der Waals surface area contributed by atoms with Gasteiger partial charge in [0.15, 0.2) is 6.10 Å². The summed E-state index contributed by atoms with van der Waals surface area (Å²) in [5.41, 5.74) is 0.821. The van der Waals surface area contributed by atoms with Crippen LogP contribution in [-0.4, -0.2) is 47.9 Å². The Morgan fingerprint density at radius 2 is 2.10 bits per heavy atom. The molecule has 0 saturated carbocycles. The van der Waals surface area contributed by atoms with E-state index in [4.69, 9.17) is 4.74 Å². The van der Waals surface area contributed by atoms with Crippen molar-refractivity contribution in [2.75, 3.05) is 18.4 Å². The van der Waals surface area contributed by atoms with Gasteiger partial charge in [0, 0.05) is 0 Å². The van der Waals surface area contributed by atoms with Gasteiger partial charge in [0.25, 0.3) is 5.91 Å². The third-order valence-electron chi connectivity index (χ3n) is 3.62. The number of rotatable bonds is 1. The third-order valence-corrected chi connectivity index (χ3v) is 3.62. The second-order valence-corrected chi connectivity index (χ2v) is 5.04. The zero-order valence-electron chi connectivity index (χ0n) is 11.5. The molecule has 0 spiro atoms. The van der Waals surface area contributed by atoms with E-state index in [9.17, 15) is 14.4 Å². The minimum atomic E-state index is -0.749. The van der Waals surface area contributed by atoms with Crippen LogP contribution in [0.15, 0.2) is 24.3 Å². The summed E-state index contributed by atoms with van der Waals surface area (Å²) < 4.78 is 5.67. The summed E-state index contributed by atoms with van der Waals surface area (Å²) in [5, 5.41) is 5.32. The maximum atomic E-state index is 12.5. The highest BCUT2D eigenvalue weighted by atomic mass is 16.5. The SMILES string of the molecule is CC1C(=O)NC(=O)CN1C(=O)C1CNc2ccccc2O1. The van der Waals surface area contributed by atoms with Gasteiger partial charge in [0.1, 0.15) is 18.3 Å². The Hall–Kier alpha value is -2.57. The highest BCUT2D eigenvalue weighted by Crippen LogP contribution is 2.28. The number of fused-ring (bicyclic) bond motifs is 1. The number of nitrogens with zero attached hydrogens (tertiary/aromatic N) is 1. The van der Waals surface area contributed by atoms with Gasteiger partial charge in [0.05, 0.1) is 12.2 Å². The van der Waals surface area contributed by atoms with Crippen molar-refractivity contribution in [1.82, 2.24) is 10.2 Å².